The van der Waals surface area contributed by atoms with E-state index in [0.717, 1.165) is 35.4 Å². The van der Waals surface area contributed by atoms with Crippen molar-refractivity contribution in [2.45, 2.75) is 63.6 Å². The second-order valence-electron chi connectivity index (χ2n) is 9.40. The van der Waals surface area contributed by atoms with E-state index >= 15 is 0 Å². The number of carbonyl (C=O) groups is 2. The highest BCUT2D eigenvalue weighted by Gasteiger charge is 2.40. The molecule has 2 aromatic carbocycles. The van der Waals surface area contributed by atoms with Crippen molar-refractivity contribution in [3.8, 4) is 5.75 Å². The number of carbonyl (C=O) groups excluding carboxylic acids is 2. The van der Waals surface area contributed by atoms with Crippen LogP contribution in [0.15, 0.2) is 53.5 Å². The van der Waals surface area contributed by atoms with Crippen molar-refractivity contribution in [2.24, 2.45) is 4.99 Å². The van der Waals surface area contributed by atoms with Gasteiger partial charge in [0.15, 0.2) is 0 Å². The normalized spacial score (nSPS) is 19.7. The van der Waals surface area contributed by atoms with Crippen molar-refractivity contribution in [3.05, 3.63) is 59.7 Å². The predicted octanol–water partition coefficient (Wildman–Crippen LogP) is 4.31. The van der Waals surface area contributed by atoms with Gasteiger partial charge in [0, 0.05) is 31.6 Å². The Bertz CT molecular complexity index is 1080. The molecule has 0 bridgehead atoms. The summed E-state index contributed by atoms with van der Waals surface area (Å²) < 4.78 is 5.97. The third-order valence-corrected chi connectivity index (χ3v) is 7.12. The first-order chi connectivity index (χ1) is 16.6. The smallest absolute Gasteiger partial charge is 0.254 e. The standard InChI is InChI=1S/C27H32N4O3/c1-30(21-11-6-3-7-12-21)24(32)13-8-16-34-22-14-15-23-20(17-22)18-31-25(19-9-4-2-5-10-19)26(33)29-27(31)28-23/h2,4-5,9-10,14-15,17,21,25H,3,6-8,11-13,16,18H2,1H3,(H,28,29,33)/t25-/m0/s1. The Morgan fingerprint density at radius 3 is 2.74 bits per heavy atom. The number of hydrogen-bond donors (Lipinski definition) is 1. The number of nitrogens with one attached hydrogen (secondary N) is 1. The van der Waals surface area contributed by atoms with E-state index < -0.39 is 0 Å². The van der Waals surface area contributed by atoms with E-state index in [1.165, 1.54) is 19.3 Å². The van der Waals surface area contributed by atoms with Crippen molar-refractivity contribution in [1.82, 2.24) is 15.1 Å². The van der Waals surface area contributed by atoms with E-state index in [-0.39, 0.29) is 17.9 Å². The lowest BCUT2D eigenvalue weighted by molar-refractivity contribution is -0.132. The van der Waals surface area contributed by atoms with Gasteiger partial charge in [-0.1, -0.05) is 49.6 Å². The highest BCUT2D eigenvalue weighted by Crippen LogP contribution is 2.36. The summed E-state index contributed by atoms with van der Waals surface area (Å²) in [5.74, 6) is 1.51. The molecule has 5 rings (SSSR count). The van der Waals surface area contributed by atoms with Crippen molar-refractivity contribution >= 4 is 23.5 Å². The maximum absolute atomic E-state index is 12.6. The summed E-state index contributed by atoms with van der Waals surface area (Å²) >= 11 is 0. The number of aliphatic imine (C=N–C) groups is 1. The van der Waals surface area contributed by atoms with E-state index in [2.05, 4.69) is 10.3 Å². The van der Waals surface area contributed by atoms with Crippen LogP contribution in [0.3, 0.4) is 0 Å². The molecular weight excluding hydrogens is 428 g/mol. The summed E-state index contributed by atoms with van der Waals surface area (Å²) in [5.41, 5.74) is 2.81. The fraction of sp³-hybridized carbons (Fsp3) is 0.444. The Labute approximate surface area is 200 Å². The van der Waals surface area contributed by atoms with E-state index in [1.54, 1.807) is 0 Å². The van der Waals surface area contributed by atoms with Crippen LogP contribution in [-0.4, -0.2) is 47.3 Å². The number of benzene rings is 2. The molecule has 2 amide bonds. The molecule has 1 saturated carbocycles. The van der Waals surface area contributed by atoms with E-state index in [4.69, 9.17) is 4.74 Å². The number of guanidine groups is 1. The van der Waals surface area contributed by atoms with Gasteiger partial charge in [-0.3, -0.25) is 14.9 Å². The number of hydrogen-bond acceptors (Lipinski definition) is 5. The molecule has 3 aliphatic rings. The van der Waals surface area contributed by atoms with Gasteiger partial charge < -0.3 is 14.5 Å². The van der Waals surface area contributed by atoms with E-state index in [9.17, 15) is 9.59 Å². The van der Waals surface area contributed by atoms with Gasteiger partial charge in [-0.15, -0.1) is 0 Å². The molecule has 7 nitrogen and oxygen atoms in total. The van der Waals surface area contributed by atoms with E-state index in [0.29, 0.717) is 38.0 Å². The molecule has 2 aliphatic heterocycles. The molecule has 0 unspecified atom stereocenters. The van der Waals surface area contributed by atoms with Crippen LogP contribution in [-0.2, 0) is 16.1 Å². The molecule has 1 N–H and O–H groups in total. The largest absolute Gasteiger partial charge is 0.494 e. The second kappa shape index (κ2) is 9.87. The van der Waals surface area contributed by atoms with Crippen LogP contribution >= 0.6 is 0 Å². The van der Waals surface area contributed by atoms with Crippen molar-refractivity contribution < 1.29 is 14.3 Å². The van der Waals surface area contributed by atoms with Crippen LogP contribution in [0.1, 0.15) is 62.1 Å². The molecule has 0 spiro atoms. The minimum Gasteiger partial charge on any atom is -0.494 e. The average molecular weight is 461 g/mol. The molecule has 1 aliphatic carbocycles. The number of fused-ring (bicyclic) bond motifs is 2. The monoisotopic (exact) mass is 460 g/mol. The molecular formula is C27H32N4O3. The lowest BCUT2D eigenvalue weighted by atomic mass is 9.94. The molecule has 178 valence electrons. The summed E-state index contributed by atoms with van der Waals surface area (Å²) in [5, 5.41) is 2.91. The molecule has 2 fully saturated rings. The van der Waals surface area contributed by atoms with Crippen molar-refractivity contribution in [1.29, 1.82) is 0 Å². The van der Waals surface area contributed by atoms with Gasteiger partial charge >= 0.3 is 0 Å². The minimum absolute atomic E-state index is 0.0582. The van der Waals surface area contributed by atoms with Crippen LogP contribution in [0.5, 0.6) is 5.75 Å². The lowest BCUT2D eigenvalue weighted by Gasteiger charge is -2.31. The fourth-order valence-corrected chi connectivity index (χ4v) is 5.19. The first kappa shape index (κ1) is 22.4. The van der Waals surface area contributed by atoms with Crippen LogP contribution in [0.4, 0.5) is 5.69 Å². The molecule has 1 atom stereocenters. The summed E-state index contributed by atoms with van der Waals surface area (Å²) in [7, 11) is 1.94. The molecule has 2 aromatic rings. The Morgan fingerprint density at radius 2 is 1.94 bits per heavy atom. The third-order valence-electron chi connectivity index (χ3n) is 7.12. The van der Waals surface area contributed by atoms with Gasteiger partial charge in [0.25, 0.3) is 5.91 Å². The first-order valence-electron chi connectivity index (χ1n) is 12.3. The summed E-state index contributed by atoms with van der Waals surface area (Å²) in [4.78, 5) is 33.8. The first-order valence-corrected chi connectivity index (χ1v) is 12.3. The zero-order chi connectivity index (χ0) is 23.5. The van der Waals surface area contributed by atoms with Crippen molar-refractivity contribution in [2.75, 3.05) is 13.7 Å². The highest BCUT2D eigenvalue weighted by atomic mass is 16.5. The number of amides is 2. The SMILES string of the molecule is CN(C(=O)CCCOc1ccc2c(c1)CN1C(=N2)NC(=O)[C@@H]1c1ccccc1)C1CCCCC1. The summed E-state index contributed by atoms with van der Waals surface area (Å²) in [6, 6.07) is 15.6. The van der Waals surface area contributed by atoms with Gasteiger partial charge in [-0.25, -0.2) is 4.99 Å². The lowest BCUT2D eigenvalue weighted by Crippen LogP contribution is -2.38. The second-order valence-corrected chi connectivity index (χ2v) is 9.40. The molecule has 1 saturated heterocycles. The van der Waals surface area contributed by atoms with Crippen LogP contribution in [0.25, 0.3) is 0 Å². The fourth-order valence-electron chi connectivity index (χ4n) is 5.19. The van der Waals surface area contributed by atoms with Crippen LogP contribution in [0.2, 0.25) is 0 Å². The van der Waals surface area contributed by atoms with Gasteiger partial charge in [-0.2, -0.15) is 0 Å². The number of rotatable bonds is 7. The quantitative estimate of drug-likeness (QED) is 0.625. The predicted molar refractivity (Wildman–Crippen MR) is 131 cm³/mol. The summed E-state index contributed by atoms with van der Waals surface area (Å²) in [6.45, 7) is 1.07. The maximum atomic E-state index is 12.6. The van der Waals surface area contributed by atoms with E-state index in [1.807, 2.05) is 65.4 Å². The molecule has 0 radical (unpaired) electrons. The zero-order valence-corrected chi connectivity index (χ0v) is 19.7. The minimum atomic E-state index is -0.384. The van der Waals surface area contributed by atoms with Crippen molar-refractivity contribution in [3.63, 3.8) is 0 Å². The molecule has 34 heavy (non-hydrogen) atoms. The van der Waals surface area contributed by atoms with Crippen LogP contribution < -0.4 is 10.1 Å². The Hall–Kier alpha value is -3.35. The Balaban J connectivity index is 1.17. The number of nitrogens with zero attached hydrogens (tertiary/aromatic N) is 3. The number of ether oxygens (including phenoxy) is 1. The topological polar surface area (TPSA) is 74.2 Å². The van der Waals surface area contributed by atoms with Gasteiger partial charge in [0.05, 0.1) is 12.3 Å². The Morgan fingerprint density at radius 1 is 1.15 bits per heavy atom. The zero-order valence-electron chi connectivity index (χ0n) is 19.7. The van der Waals surface area contributed by atoms with Gasteiger partial charge in [0.1, 0.15) is 11.8 Å². The average Bonchev–Trinajstić information content (AvgIpc) is 3.19. The van der Waals surface area contributed by atoms with Gasteiger partial charge in [0.2, 0.25) is 11.9 Å². The molecule has 7 heteroatoms. The third kappa shape index (κ3) is 4.65. The summed E-state index contributed by atoms with van der Waals surface area (Å²) in [6.07, 6.45) is 7.19. The Kier molecular flexibility index (Phi) is 6.52. The highest BCUT2D eigenvalue weighted by molar-refractivity contribution is 6.08. The van der Waals surface area contributed by atoms with Crippen LogP contribution in [0, 0.1) is 0 Å². The van der Waals surface area contributed by atoms with Gasteiger partial charge in [-0.05, 0) is 43.0 Å². The maximum Gasteiger partial charge on any atom is 0.254 e. The molecule has 0 aromatic heterocycles. The molecule has 2 heterocycles.